The number of methoxy groups -OCH3 is 1. The number of pyridine rings is 1. The van der Waals surface area contributed by atoms with E-state index in [1.165, 1.54) is 5.56 Å². The Kier molecular flexibility index (Phi) is 13.6. The molecule has 1 heterocycles. The fourth-order valence-electron chi connectivity index (χ4n) is 2.66. The number of ether oxygens (including phenoxy) is 3. The smallest absolute Gasteiger partial charge is 0.213 e. The molecule has 7 nitrogen and oxygen atoms in total. The maximum Gasteiger partial charge on any atom is 0.213 e. The summed E-state index contributed by atoms with van der Waals surface area (Å²) in [6, 6.07) is 10.1. The molecule has 0 aliphatic heterocycles. The summed E-state index contributed by atoms with van der Waals surface area (Å²) in [6.45, 7) is 9.90. The van der Waals surface area contributed by atoms with Crippen molar-refractivity contribution >= 4 is 29.9 Å². The summed E-state index contributed by atoms with van der Waals surface area (Å²) in [5.41, 5.74) is 3.31. The van der Waals surface area contributed by atoms with Crippen LogP contribution in [-0.4, -0.2) is 44.4 Å². The number of nitrogens with one attached hydrogen (secondary N) is 2. The second kappa shape index (κ2) is 15.7. The van der Waals surface area contributed by atoms with Gasteiger partial charge in [0, 0.05) is 38.0 Å². The fraction of sp³-hybridized carbons (Fsp3) is 0.478. The van der Waals surface area contributed by atoms with Gasteiger partial charge >= 0.3 is 0 Å². The van der Waals surface area contributed by atoms with Gasteiger partial charge in [0.25, 0.3) is 0 Å². The molecule has 2 aromatic rings. The zero-order chi connectivity index (χ0) is 21.6. The number of aromatic nitrogens is 1. The molecule has 2 rings (SSSR count). The molecule has 172 valence electrons. The van der Waals surface area contributed by atoms with Crippen LogP contribution in [0.4, 0.5) is 0 Å². The Balaban J connectivity index is 0.00000480. The Labute approximate surface area is 203 Å². The predicted molar refractivity (Wildman–Crippen MR) is 136 cm³/mol. The van der Waals surface area contributed by atoms with E-state index in [2.05, 4.69) is 52.7 Å². The van der Waals surface area contributed by atoms with Crippen LogP contribution in [-0.2, 0) is 17.8 Å². The monoisotopic (exact) mass is 542 g/mol. The number of halogens is 1. The number of guanidine groups is 1. The van der Waals surface area contributed by atoms with Crippen molar-refractivity contribution in [1.29, 1.82) is 0 Å². The van der Waals surface area contributed by atoms with Crippen LogP contribution in [0, 0.1) is 6.92 Å². The summed E-state index contributed by atoms with van der Waals surface area (Å²) in [5.74, 6) is 2.26. The third-order valence-electron chi connectivity index (χ3n) is 4.23. The van der Waals surface area contributed by atoms with E-state index >= 15 is 0 Å². The molecular weight excluding hydrogens is 507 g/mol. The van der Waals surface area contributed by atoms with Gasteiger partial charge in [0.15, 0.2) is 5.96 Å². The lowest BCUT2D eigenvalue weighted by atomic mass is 10.1. The van der Waals surface area contributed by atoms with E-state index < -0.39 is 0 Å². The largest absolute Gasteiger partial charge is 0.493 e. The predicted octanol–water partition coefficient (Wildman–Crippen LogP) is 4.08. The van der Waals surface area contributed by atoms with Crippen molar-refractivity contribution < 1.29 is 14.2 Å². The van der Waals surface area contributed by atoms with Gasteiger partial charge in [0.1, 0.15) is 12.4 Å². The Hall–Kier alpha value is -2.07. The van der Waals surface area contributed by atoms with Gasteiger partial charge in [0.05, 0.1) is 19.8 Å². The van der Waals surface area contributed by atoms with Crippen LogP contribution in [0.1, 0.15) is 37.0 Å². The van der Waals surface area contributed by atoms with Crippen LogP contribution in [0.3, 0.4) is 0 Å². The molecule has 0 saturated heterocycles. The van der Waals surface area contributed by atoms with E-state index in [-0.39, 0.29) is 24.0 Å². The van der Waals surface area contributed by atoms with Crippen LogP contribution >= 0.6 is 24.0 Å². The highest BCUT2D eigenvalue weighted by Crippen LogP contribution is 2.20. The number of benzene rings is 1. The van der Waals surface area contributed by atoms with Gasteiger partial charge < -0.3 is 24.8 Å². The maximum absolute atomic E-state index is 5.91. The van der Waals surface area contributed by atoms with Crippen molar-refractivity contribution in [3.05, 3.63) is 53.2 Å². The van der Waals surface area contributed by atoms with Crippen LogP contribution in [0.15, 0.2) is 41.5 Å². The molecule has 0 atom stereocenters. The van der Waals surface area contributed by atoms with E-state index in [4.69, 9.17) is 14.2 Å². The first kappa shape index (κ1) is 27.0. The number of rotatable bonds is 12. The molecule has 0 aliphatic rings. The molecule has 2 N–H and O–H groups in total. The summed E-state index contributed by atoms with van der Waals surface area (Å²) >= 11 is 0. The number of hydrogen-bond acceptors (Lipinski definition) is 5. The van der Waals surface area contributed by atoms with Gasteiger partial charge in [-0.1, -0.05) is 25.1 Å². The molecule has 0 amide bonds. The van der Waals surface area contributed by atoms with E-state index in [9.17, 15) is 0 Å². The Bertz CT molecular complexity index is 785. The average molecular weight is 542 g/mol. The summed E-state index contributed by atoms with van der Waals surface area (Å²) in [7, 11) is 1.64. The fourth-order valence-corrected chi connectivity index (χ4v) is 2.66. The van der Waals surface area contributed by atoms with Crippen molar-refractivity contribution in [2.45, 2.75) is 40.3 Å². The topological polar surface area (TPSA) is 77.0 Å². The number of aliphatic imine (C=N–C) groups is 1. The number of nitrogens with zero attached hydrogens (tertiary/aromatic N) is 2. The van der Waals surface area contributed by atoms with Crippen LogP contribution in [0.2, 0.25) is 0 Å². The van der Waals surface area contributed by atoms with E-state index in [1.54, 1.807) is 13.3 Å². The average Bonchev–Trinajstić information content (AvgIpc) is 2.76. The minimum Gasteiger partial charge on any atom is -0.493 e. The highest BCUT2D eigenvalue weighted by atomic mass is 127. The zero-order valence-corrected chi connectivity index (χ0v) is 21.3. The van der Waals surface area contributed by atoms with Crippen LogP contribution < -0.4 is 20.1 Å². The lowest BCUT2D eigenvalue weighted by molar-refractivity contribution is 0.143. The van der Waals surface area contributed by atoms with Gasteiger partial charge in [-0.15, -0.1) is 24.0 Å². The van der Waals surface area contributed by atoms with Crippen molar-refractivity contribution in [3.8, 4) is 11.6 Å². The van der Waals surface area contributed by atoms with E-state index in [0.29, 0.717) is 38.8 Å². The third-order valence-corrected chi connectivity index (χ3v) is 4.23. The summed E-state index contributed by atoms with van der Waals surface area (Å²) < 4.78 is 16.4. The second-order valence-electron chi connectivity index (χ2n) is 6.85. The quantitative estimate of drug-likeness (QED) is 0.182. The minimum atomic E-state index is 0. The van der Waals surface area contributed by atoms with Gasteiger partial charge in [0.2, 0.25) is 5.88 Å². The Morgan fingerprint density at radius 3 is 2.55 bits per heavy atom. The first-order chi connectivity index (χ1) is 14.7. The Morgan fingerprint density at radius 2 is 1.87 bits per heavy atom. The van der Waals surface area contributed by atoms with Crippen LogP contribution in [0.5, 0.6) is 11.6 Å². The lowest BCUT2D eigenvalue weighted by Gasteiger charge is -2.15. The van der Waals surface area contributed by atoms with Gasteiger partial charge in [-0.25, -0.2) is 9.98 Å². The van der Waals surface area contributed by atoms with Crippen molar-refractivity contribution in [2.24, 2.45) is 4.99 Å². The summed E-state index contributed by atoms with van der Waals surface area (Å²) in [4.78, 5) is 8.98. The molecule has 1 aromatic carbocycles. The maximum atomic E-state index is 5.91. The highest BCUT2D eigenvalue weighted by Gasteiger charge is 2.06. The zero-order valence-electron chi connectivity index (χ0n) is 18.9. The highest BCUT2D eigenvalue weighted by molar-refractivity contribution is 14.0. The second-order valence-corrected chi connectivity index (χ2v) is 6.85. The minimum absolute atomic E-state index is 0. The molecule has 31 heavy (non-hydrogen) atoms. The van der Waals surface area contributed by atoms with Gasteiger partial charge in [-0.05, 0) is 37.5 Å². The normalized spacial score (nSPS) is 10.9. The van der Waals surface area contributed by atoms with E-state index in [1.807, 2.05) is 19.1 Å². The third kappa shape index (κ3) is 10.2. The molecular formula is C23H35IN4O3. The number of aryl methyl sites for hydroxylation is 1. The van der Waals surface area contributed by atoms with Gasteiger partial charge in [-0.3, -0.25) is 0 Å². The SMILES string of the molecule is CCCOc1cc(C)ccc1CNC(=NCc1ccc(OCCOC)nc1)NCC.I. The standard InChI is InChI=1S/C23H34N4O3.HI/c1-5-11-29-21-14-18(3)7-9-20(21)17-27-23(24-6-2)26-16-19-8-10-22(25-15-19)30-13-12-28-4;/h7-10,14-15H,5-6,11-13,16-17H2,1-4H3,(H2,24,26,27);1H. The lowest BCUT2D eigenvalue weighted by Crippen LogP contribution is -2.36. The first-order valence-corrected chi connectivity index (χ1v) is 10.5. The molecule has 0 unspecified atom stereocenters. The summed E-state index contributed by atoms with van der Waals surface area (Å²) in [6.07, 6.45) is 2.76. The molecule has 8 heteroatoms. The summed E-state index contributed by atoms with van der Waals surface area (Å²) in [5, 5.41) is 6.67. The van der Waals surface area contributed by atoms with Crippen molar-refractivity contribution in [1.82, 2.24) is 15.6 Å². The molecule has 0 spiro atoms. The van der Waals surface area contributed by atoms with Crippen molar-refractivity contribution in [3.63, 3.8) is 0 Å². The van der Waals surface area contributed by atoms with Gasteiger partial charge in [-0.2, -0.15) is 0 Å². The van der Waals surface area contributed by atoms with Crippen LogP contribution in [0.25, 0.3) is 0 Å². The molecule has 0 saturated carbocycles. The molecule has 0 bridgehead atoms. The molecule has 0 aliphatic carbocycles. The molecule has 0 radical (unpaired) electrons. The van der Waals surface area contributed by atoms with Crippen molar-refractivity contribution in [2.75, 3.05) is 33.5 Å². The molecule has 1 aromatic heterocycles. The Morgan fingerprint density at radius 1 is 1.03 bits per heavy atom. The molecule has 0 fully saturated rings. The number of hydrogen-bond donors (Lipinski definition) is 2. The van der Waals surface area contributed by atoms with E-state index in [0.717, 1.165) is 35.8 Å². The first-order valence-electron chi connectivity index (χ1n) is 10.5.